The second kappa shape index (κ2) is 8.17. The number of hydrogen-bond donors (Lipinski definition) is 2. The average Bonchev–Trinajstić information content (AvgIpc) is 3.23. The third-order valence-corrected chi connectivity index (χ3v) is 4.32. The molecule has 2 N–H and O–H groups in total. The van der Waals surface area contributed by atoms with Gasteiger partial charge in [0.15, 0.2) is 22.9 Å². The summed E-state index contributed by atoms with van der Waals surface area (Å²) in [5.41, 5.74) is 1.23. The summed E-state index contributed by atoms with van der Waals surface area (Å²) >= 11 is 0. The average molecular weight is 451 g/mol. The first-order valence-corrected chi connectivity index (χ1v) is 9.03. The molecule has 0 saturated carbocycles. The molecule has 2 amide bonds. The van der Waals surface area contributed by atoms with Crippen molar-refractivity contribution < 1.29 is 36.6 Å². The van der Waals surface area contributed by atoms with Crippen LogP contribution >= 0.6 is 0 Å². The highest BCUT2D eigenvalue weighted by Gasteiger charge is 2.42. The number of hydrogen-bond acceptors (Lipinski definition) is 6. The van der Waals surface area contributed by atoms with E-state index in [9.17, 15) is 27.2 Å². The summed E-state index contributed by atoms with van der Waals surface area (Å²) < 4.78 is 65.0. The molecule has 1 aromatic heterocycles. The zero-order chi connectivity index (χ0) is 22.9. The van der Waals surface area contributed by atoms with Gasteiger partial charge < -0.3 is 9.47 Å². The Kier molecular flexibility index (Phi) is 5.38. The van der Waals surface area contributed by atoms with Crippen LogP contribution in [0.25, 0.3) is 5.69 Å². The number of hydrazine groups is 1. The number of alkyl halides is 3. The van der Waals surface area contributed by atoms with Crippen molar-refractivity contribution >= 4 is 11.8 Å². The minimum Gasteiger partial charge on any atom is -0.486 e. The topological polar surface area (TPSA) is 107 Å². The second-order valence-corrected chi connectivity index (χ2v) is 6.44. The molecule has 1 aliphatic heterocycles. The first-order chi connectivity index (χ1) is 15.2. The van der Waals surface area contributed by atoms with E-state index in [0.29, 0.717) is 29.4 Å². The van der Waals surface area contributed by atoms with E-state index in [-0.39, 0.29) is 11.3 Å². The monoisotopic (exact) mass is 451 g/mol. The lowest BCUT2D eigenvalue weighted by Crippen LogP contribution is -2.42. The smallest absolute Gasteiger partial charge is 0.435 e. The van der Waals surface area contributed by atoms with Gasteiger partial charge in [-0.15, -0.1) is 5.10 Å². The Balaban J connectivity index is 1.53. The van der Waals surface area contributed by atoms with Gasteiger partial charge in [-0.3, -0.25) is 20.4 Å². The number of nitrogens with one attached hydrogen (secondary N) is 2. The van der Waals surface area contributed by atoms with Crippen LogP contribution in [0.5, 0.6) is 11.5 Å². The normalized spacial score (nSPS) is 12.9. The van der Waals surface area contributed by atoms with Crippen molar-refractivity contribution in [3.05, 3.63) is 65.2 Å². The summed E-state index contributed by atoms with van der Waals surface area (Å²) in [5, 5.41) is 6.65. The van der Waals surface area contributed by atoms with E-state index in [1.807, 2.05) is 10.9 Å². The van der Waals surface area contributed by atoms with Crippen LogP contribution < -0.4 is 20.3 Å². The number of rotatable bonds is 3. The standard InChI is InChI=1S/C19H13F4N5O4/c20-11-2-4-12(5-3-11)28-16(19(21,22)23)15(24-27-28)18(30)26-25-17(29)10-1-6-13-14(9-10)32-8-7-31-13/h1-6,9H,7-8H2,(H,25,29)(H,26,30). The molecule has 2 heterocycles. The van der Waals surface area contributed by atoms with Crippen LogP contribution in [-0.4, -0.2) is 40.0 Å². The Morgan fingerprint density at radius 1 is 0.938 bits per heavy atom. The fourth-order valence-electron chi connectivity index (χ4n) is 2.88. The van der Waals surface area contributed by atoms with E-state index < -0.39 is 35.2 Å². The zero-order valence-corrected chi connectivity index (χ0v) is 15.9. The molecule has 166 valence electrons. The Morgan fingerprint density at radius 2 is 1.59 bits per heavy atom. The number of carbonyl (C=O) groups excluding carboxylic acids is 2. The number of nitrogens with zero attached hydrogens (tertiary/aromatic N) is 3. The second-order valence-electron chi connectivity index (χ2n) is 6.44. The van der Waals surface area contributed by atoms with Crippen molar-refractivity contribution in [2.24, 2.45) is 0 Å². The third-order valence-electron chi connectivity index (χ3n) is 4.32. The van der Waals surface area contributed by atoms with Crippen LogP contribution in [0.1, 0.15) is 26.5 Å². The summed E-state index contributed by atoms with van der Waals surface area (Å²) in [4.78, 5) is 24.6. The summed E-state index contributed by atoms with van der Waals surface area (Å²) in [6.45, 7) is 0.646. The predicted molar refractivity (Wildman–Crippen MR) is 98.7 cm³/mol. The van der Waals surface area contributed by atoms with Crippen molar-refractivity contribution in [2.45, 2.75) is 6.18 Å². The van der Waals surface area contributed by atoms with E-state index in [0.717, 1.165) is 24.3 Å². The molecule has 0 radical (unpaired) electrons. The summed E-state index contributed by atoms with van der Waals surface area (Å²) in [6, 6.07) is 8.20. The molecule has 2 aromatic carbocycles. The molecular formula is C19H13F4N5O4. The molecule has 4 rings (SSSR count). The molecule has 3 aromatic rings. The van der Waals surface area contributed by atoms with E-state index in [4.69, 9.17) is 9.47 Å². The van der Waals surface area contributed by atoms with Gasteiger partial charge in [-0.2, -0.15) is 13.2 Å². The van der Waals surface area contributed by atoms with Gasteiger partial charge in [0.1, 0.15) is 19.0 Å². The van der Waals surface area contributed by atoms with Crippen molar-refractivity contribution in [3.63, 3.8) is 0 Å². The third kappa shape index (κ3) is 4.17. The first-order valence-electron chi connectivity index (χ1n) is 9.03. The van der Waals surface area contributed by atoms with Crippen LogP contribution in [-0.2, 0) is 6.18 Å². The Bertz CT molecular complexity index is 1180. The minimum absolute atomic E-state index is 0.0700. The van der Waals surface area contributed by atoms with Crippen molar-refractivity contribution in [2.75, 3.05) is 13.2 Å². The molecule has 32 heavy (non-hydrogen) atoms. The van der Waals surface area contributed by atoms with Crippen LogP contribution in [0, 0.1) is 5.82 Å². The lowest BCUT2D eigenvalue weighted by atomic mass is 10.2. The SMILES string of the molecule is O=C(NNC(=O)c1nnn(-c2ccc(F)cc2)c1C(F)(F)F)c1ccc2c(c1)OCCO2. The molecule has 0 spiro atoms. The molecule has 9 nitrogen and oxygen atoms in total. The minimum atomic E-state index is -5.02. The Labute approximate surface area is 176 Å². The highest BCUT2D eigenvalue weighted by Crippen LogP contribution is 2.33. The number of fused-ring (bicyclic) bond motifs is 1. The number of amides is 2. The van der Waals surface area contributed by atoms with E-state index in [1.165, 1.54) is 18.2 Å². The maximum atomic E-state index is 13.6. The van der Waals surface area contributed by atoms with Crippen LogP contribution in [0.4, 0.5) is 17.6 Å². The molecule has 0 fully saturated rings. The predicted octanol–water partition coefficient (Wildman–Crippen LogP) is 2.27. The summed E-state index contributed by atoms with van der Waals surface area (Å²) in [5.74, 6) is -2.07. The molecule has 0 aliphatic carbocycles. The fourth-order valence-corrected chi connectivity index (χ4v) is 2.88. The van der Waals surface area contributed by atoms with Gasteiger partial charge in [0.05, 0.1) is 5.69 Å². The van der Waals surface area contributed by atoms with Gasteiger partial charge in [-0.25, -0.2) is 9.07 Å². The maximum Gasteiger partial charge on any atom is 0.435 e. The largest absolute Gasteiger partial charge is 0.486 e. The van der Waals surface area contributed by atoms with Crippen LogP contribution in [0.3, 0.4) is 0 Å². The maximum absolute atomic E-state index is 13.6. The number of halogens is 4. The van der Waals surface area contributed by atoms with Gasteiger partial charge in [-0.1, -0.05) is 5.21 Å². The molecule has 0 unspecified atom stereocenters. The fraction of sp³-hybridized carbons (Fsp3) is 0.158. The Morgan fingerprint density at radius 3 is 2.28 bits per heavy atom. The Hall–Kier alpha value is -4.16. The number of aromatic nitrogens is 3. The molecule has 0 atom stereocenters. The van der Waals surface area contributed by atoms with Gasteiger partial charge in [0.25, 0.3) is 11.8 Å². The van der Waals surface area contributed by atoms with Crippen molar-refractivity contribution in [3.8, 4) is 17.2 Å². The number of ether oxygens (including phenoxy) is 2. The lowest BCUT2D eigenvalue weighted by Gasteiger charge is -2.18. The van der Waals surface area contributed by atoms with Crippen molar-refractivity contribution in [1.82, 2.24) is 25.8 Å². The van der Waals surface area contributed by atoms with Crippen LogP contribution in [0.15, 0.2) is 42.5 Å². The number of carbonyl (C=O) groups is 2. The van der Waals surface area contributed by atoms with Gasteiger partial charge in [0, 0.05) is 5.56 Å². The highest BCUT2D eigenvalue weighted by molar-refractivity contribution is 5.99. The number of benzene rings is 2. The van der Waals surface area contributed by atoms with E-state index in [1.54, 1.807) is 0 Å². The molecule has 13 heteroatoms. The van der Waals surface area contributed by atoms with Crippen molar-refractivity contribution in [1.29, 1.82) is 0 Å². The quantitative estimate of drug-likeness (QED) is 0.468. The molecular weight excluding hydrogens is 438 g/mol. The van der Waals surface area contributed by atoms with E-state index in [2.05, 4.69) is 10.3 Å². The van der Waals surface area contributed by atoms with Gasteiger partial charge >= 0.3 is 6.18 Å². The summed E-state index contributed by atoms with van der Waals surface area (Å²) in [6.07, 6.45) is -5.02. The first kappa shape index (κ1) is 21.1. The van der Waals surface area contributed by atoms with E-state index >= 15 is 0 Å². The van der Waals surface area contributed by atoms with Gasteiger partial charge in [-0.05, 0) is 42.5 Å². The highest BCUT2D eigenvalue weighted by atomic mass is 19.4. The molecule has 0 saturated heterocycles. The van der Waals surface area contributed by atoms with Gasteiger partial charge in [0.2, 0.25) is 0 Å². The van der Waals surface area contributed by atoms with Crippen LogP contribution in [0.2, 0.25) is 0 Å². The zero-order valence-electron chi connectivity index (χ0n) is 15.9. The lowest BCUT2D eigenvalue weighted by molar-refractivity contribution is -0.143. The molecule has 0 bridgehead atoms. The molecule has 1 aliphatic rings. The summed E-state index contributed by atoms with van der Waals surface area (Å²) in [7, 11) is 0.